The van der Waals surface area contributed by atoms with Crippen molar-refractivity contribution in [1.29, 1.82) is 0 Å². The molecule has 1 heterocycles. The molecule has 1 fully saturated rings. The zero-order chi connectivity index (χ0) is 15.8. The lowest BCUT2D eigenvalue weighted by Gasteiger charge is -2.34. The van der Waals surface area contributed by atoms with Crippen LogP contribution in [0.1, 0.15) is 48.9 Å². The molecular weight excluding hydrogens is 264 g/mol. The molecule has 1 N–H and O–H groups in total. The highest BCUT2D eigenvalue weighted by molar-refractivity contribution is 6.06. The lowest BCUT2D eigenvalue weighted by atomic mass is 9.90. The maximum absolute atomic E-state index is 12.2. The van der Waals surface area contributed by atoms with E-state index in [1.807, 2.05) is 13.8 Å². The first-order chi connectivity index (χ1) is 9.85. The maximum Gasteiger partial charge on any atom is 0.325 e. The normalized spacial score (nSPS) is 17.3. The van der Waals surface area contributed by atoms with E-state index >= 15 is 0 Å². The Balaban J connectivity index is 2.42. The van der Waals surface area contributed by atoms with Crippen LogP contribution in [0.2, 0.25) is 0 Å². The number of nitrogens with one attached hydrogen (secondary N) is 1. The van der Waals surface area contributed by atoms with Gasteiger partial charge in [0.15, 0.2) is 0 Å². The number of carbonyl (C=O) groups is 2. The number of amides is 3. The maximum atomic E-state index is 12.2. The van der Waals surface area contributed by atoms with Gasteiger partial charge in [0.1, 0.15) is 5.54 Å². The van der Waals surface area contributed by atoms with Crippen molar-refractivity contribution in [2.75, 3.05) is 0 Å². The van der Waals surface area contributed by atoms with Crippen LogP contribution < -0.4 is 5.32 Å². The average Bonchev–Trinajstić information content (AvgIpc) is 2.64. The summed E-state index contributed by atoms with van der Waals surface area (Å²) in [5, 5.41) is 2.48. The molecular formula is C17H24N2O2. The first-order valence-corrected chi connectivity index (χ1v) is 7.55. The third kappa shape index (κ3) is 2.43. The third-order valence-corrected chi connectivity index (χ3v) is 4.73. The number of nitrogens with zero attached hydrogens (tertiary/aromatic N) is 1. The van der Waals surface area contributed by atoms with Crippen LogP contribution in [-0.2, 0) is 11.3 Å². The van der Waals surface area contributed by atoms with Crippen molar-refractivity contribution in [2.45, 2.75) is 59.5 Å². The van der Waals surface area contributed by atoms with E-state index in [4.69, 9.17) is 0 Å². The minimum absolute atomic E-state index is 0.167. The molecule has 0 aliphatic carbocycles. The molecule has 0 unspecified atom stereocenters. The first-order valence-electron chi connectivity index (χ1n) is 7.55. The van der Waals surface area contributed by atoms with Crippen LogP contribution >= 0.6 is 0 Å². The van der Waals surface area contributed by atoms with Crippen LogP contribution in [-0.4, -0.2) is 22.4 Å². The Morgan fingerprint density at radius 3 is 2.05 bits per heavy atom. The van der Waals surface area contributed by atoms with Gasteiger partial charge in [-0.05, 0) is 50.3 Å². The van der Waals surface area contributed by atoms with E-state index in [9.17, 15) is 9.59 Å². The van der Waals surface area contributed by atoms with Crippen LogP contribution in [0.4, 0.5) is 4.79 Å². The van der Waals surface area contributed by atoms with Gasteiger partial charge in [0.25, 0.3) is 5.91 Å². The van der Waals surface area contributed by atoms with Gasteiger partial charge in [-0.3, -0.25) is 10.1 Å². The summed E-state index contributed by atoms with van der Waals surface area (Å²) in [5.74, 6) is -0.167. The third-order valence-electron chi connectivity index (χ3n) is 4.73. The van der Waals surface area contributed by atoms with Gasteiger partial charge < -0.3 is 4.90 Å². The van der Waals surface area contributed by atoms with Gasteiger partial charge in [-0.1, -0.05) is 31.5 Å². The molecule has 1 aliphatic heterocycles. The summed E-state index contributed by atoms with van der Waals surface area (Å²) in [7, 11) is 0. The average molecular weight is 288 g/mol. The summed E-state index contributed by atoms with van der Waals surface area (Å²) in [4.78, 5) is 26.1. The molecule has 3 amide bonds. The summed E-state index contributed by atoms with van der Waals surface area (Å²) < 4.78 is 0. The van der Waals surface area contributed by atoms with E-state index in [0.29, 0.717) is 19.4 Å². The molecule has 1 aliphatic rings. The van der Waals surface area contributed by atoms with Crippen molar-refractivity contribution in [2.24, 2.45) is 0 Å². The van der Waals surface area contributed by atoms with E-state index in [2.05, 4.69) is 38.2 Å². The second kappa shape index (κ2) is 5.51. The predicted molar refractivity (Wildman–Crippen MR) is 83.0 cm³/mol. The molecule has 21 heavy (non-hydrogen) atoms. The van der Waals surface area contributed by atoms with Crippen molar-refractivity contribution in [1.82, 2.24) is 10.2 Å². The molecule has 0 saturated carbocycles. The standard InChI is InChI=1S/C17H24N2O2/c1-6-17(7-2)15(20)18-16(21)19(17)10-14-12(4)8-11(3)9-13(14)5/h8-9H,6-7,10H2,1-5H3,(H,18,20,21). The van der Waals surface area contributed by atoms with E-state index in [0.717, 1.165) is 5.56 Å². The fraction of sp³-hybridized carbons (Fsp3) is 0.529. The zero-order valence-electron chi connectivity index (χ0n) is 13.5. The zero-order valence-corrected chi connectivity index (χ0v) is 13.5. The van der Waals surface area contributed by atoms with Gasteiger partial charge >= 0.3 is 6.03 Å². The molecule has 1 saturated heterocycles. The molecule has 0 bridgehead atoms. The number of hydrogen-bond donors (Lipinski definition) is 1. The molecule has 1 aromatic carbocycles. The Kier molecular flexibility index (Phi) is 4.08. The number of urea groups is 1. The van der Waals surface area contributed by atoms with E-state index < -0.39 is 5.54 Å². The fourth-order valence-corrected chi connectivity index (χ4v) is 3.39. The summed E-state index contributed by atoms with van der Waals surface area (Å²) in [5.41, 5.74) is 3.98. The Labute approximate surface area is 126 Å². The minimum atomic E-state index is -0.707. The summed E-state index contributed by atoms with van der Waals surface area (Å²) in [6, 6.07) is 3.97. The smallest absolute Gasteiger partial charge is 0.305 e. The Morgan fingerprint density at radius 1 is 1.05 bits per heavy atom. The molecule has 0 aromatic heterocycles. The van der Waals surface area contributed by atoms with Gasteiger partial charge in [0, 0.05) is 6.54 Å². The lowest BCUT2D eigenvalue weighted by Crippen LogP contribution is -2.48. The number of aryl methyl sites for hydroxylation is 3. The number of imide groups is 1. The number of hydrogen-bond acceptors (Lipinski definition) is 2. The van der Waals surface area contributed by atoms with Crippen molar-refractivity contribution in [3.63, 3.8) is 0 Å². The molecule has 4 heteroatoms. The summed E-state index contributed by atoms with van der Waals surface area (Å²) in [6.45, 7) is 10.6. The number of rotatable bonds is 4. The molecule has 0 atom stereocenters. The van der Waals surface area contributed by atoms with Gasteiger partial charge in [0.05, 0.1) is 0 Å². The topological polar surface area (TPSA) is 49.4 Å². The summed E-state index contributed by atoms with van der Waals surface area (Å²) >= 11 is 0. The first kappa shape index (κ1) is 15.5. The van der Waals surface area contributed by atoms with Crippen molar-refractivity contribution in [3.8, 4) is 0 Å². The second-order valence-corrected chi connectivity index (χ2v) is 5.96. The second-order valence-electron chi connectivity index (χ2n) is 5.96. The molecule has 114 valence electrons. The van der Waals surface area contributed by atoms with Gasteiger partial charge in [-0.15, -0.1) is 0 Å². The van der Waals surface area contributed by atoms with E-state index in [1.165, 1.54) is 16.7 Å². The Bertz CT molecular complexity index is 565. The van der Waals surface area contributed by atoms with Crippen molar-refractivity contribution < 1.29 is 9.59 Å². The fourth-order valence-electron chi connectivity index (χ4n) is 3.39. The Hall–Kier alpha value is -1.84. The highest BCUT2D eigenvalue weighted by atomic mass is 16.2. The van der Waals surface area contributed by atoms with Crippen LogP contribution in [0, 0.1) is 20.8 Å². The largest absolute Gasteiger partial charge is 0.325 e. The minimum Gasteiger partial charge on any atom is -0.305 e. The number of benzene rings is 1. The van der Waals surface area contributed by atoms with Crippen LogP contribution in [0.3, 0.4) is 0 Å². The highest BCUT2D eigenvalue weighted by Crippen LogP contribution is 2.32. The highest BCUT2D eigenvalue weighted by Gasteiger charge is 2.50. The monoisotopic (exact) mass is 288 g/mol. The molecule has 0 radical (unpaired) electrons. The lowest BCUT2D eigenvalue weighted by molar-refractivity contribution is -0.127. The molecule has 0 spiro atoms. The molecule has 1 aromatic rings. The van der Waals surface area contributed by atoms with Crippen molar-refractivity contribution >= 4 is 11.9 Å². The van der Waals surface area contributed by atoms with E-state index in [1.54, 1.807) is 4.90 Å². The predicted octanol–water partition coefficient (Wildman–Crippen LogP) is 3.22. The SMILES string of the molecule is CCC1(CC)C(=O)NC(=O)N1Cc1c(C)cc(C)cc1C. The summed E-state index contributed by atoms with van der Waals surface area (Å²) in [6.07, 6.45) is 1.26. The molecule has 4 nitrogen and oxygen atoms in total. The van der Waals surface area contributed by atoms with Gasteiger partial charge in [0.2, 0.25) is 0 Å². The van der Waals surface area contributed by atoms with Crippen LogP contribution in [0.25, 0.3) is 0 Å². The van der Waals surface area contributed by atoms with Gasteiger partial charge in [-0.25, -0.2) is 4.79 Å². The van der Waals surface area contributed by atoms with Crippen LogP contribution in [0.5, 0.6) is 0 Å². The van der Waals surface area contributed by atoms with Gasteiger partial charge in [-0.2, -0.15) is 0 Å². The van der Waals surface area contributed by atoms with Crippen LogP contribution in [0.15, 0.2) is 12.1 Å². The Morgan fingerprint density at radius 2 is 1.57 bits per heavy atom. The molecule has 2 rings (SSSR count). The van der Waals surface area contributed by atoms with E-state index in [-0.39, 0.29) is 11.9 Å². The quantitative estimate of drug-likeness (QED) is 0.865. The van der Waals surface area contributed by atoms with Crippen molar-refractivity contribution in [3.05, 3.63) is 34.4 Å². The number of carbonyl (C=O) groups excluding carboxylic acids is 2.